The van der Waals surface area contributed by atoms with Crippen molar-refractivity contribution in [1.29, 1.82) is 0 Å². The summed E-state index contributed by atoms with van der Waals surface area (Å²) in [5.41, 5.74) is 2.57. The van der Waals surface area contributed by atoms with Gasteiger partial charge in [-0.25, -0.2) is 8.42 Å². The van der Waals surface area contributed by atoms with E-state index in [0.29, 0.717) is 36.1 Å². The molecule has 2 aromatic carbocycles. The highest BCUT2D eigenvalue weighted by Gasteiger charge is 2.28. The maximum Gasteiger partial charge on any atom is 0.263 e. The third-order valence-corrected chi connectivity index (χ3v) is 8.28. The monoisotopic (exact) mass is 535 g/mol. The molecule has 0 spiro atoms. The van der Waals surface area contributed by atoms with Gasteiger partial charge in [-0.2, -0.15) is 4.99 Å². The average Bonchev–Trinajstić information content (AvgIpc) is 3.13. The molecular weight excluding hydrogens is 510 g/mol. The number of anilines is 1. The number of amides is 2. The summed E-state index contributed by atoms with van der Waals surface area (Å²) in [6.07, 6.45) is 1.60. The van der Waals surface area contributed by atoms with Crippen LogP contribution in [0, 0.1) is 0 Å². The molecule has 4 rings (SSSR count). The maximum absolute atomic E-state index is 12.8. The summed E-state index contributed by atoms with van der Waals surface area (Å²) in [5.74, 6) is -2.93. The second-order valence-corrected chi connectivity index (χ2v) is 11.7. The quantitative estimate of drug-likeness (QED) is 0.412. The van der Waals surface area contributed by atoms with E-state index in [1.807, 2.05) is 41.8 Å². The molecule has 186 valence electrons. The van der Waals surface area contributed by atoms with E-state index >= 15 is 0 Å². The molecule has 2 heterocycles. The van der Waals surface area contributed by atoms with E-state index in [4.69, 9.17) is 16.3 Å². The first-order chi connectivity index (χ1) is 16.8. The van der Waals surface area contributed by atoms with Crippen LogP contribution in [0.15, 0.2) is 47.5 Å². The number of aryl methyl sites for hydroxylation is 1. The van der Waals surface area contributed by atoms with Crippen molar-refractivity contribution in [3.05, 3.63) is 57.9 Å². The fourth-order valence-electron chi connectivity index (χ4n) is 4.09. The van der Waals surface area contributed by atoms with E-state index in [1.165, 1.54) is 16.2 Å². The Morgan fingerprint density at radius 2 is 1.97 bits per heavy atom. The topological polar surface area (TPSA) is 98.0 Å². The number of carbonyl (C=O) groups is 2. The van der Waals surface area contributed by atoms with Gasteiger partial charge in [-0.15, -0.1) is 0 Å². The Bertz CT molecular complexity index is 1430. The molecule has 35 heavy (non-hydrogen) atoms. The van der Waals surface area contributed by atoms with E-state index in [0.717, 1.165) is 34.3 Å². The number of benzene rings is 2. The van der Waals surface area contributed by atoms with Crippen LogP contribution in [0.25, 0.3) is 10.2 Å². The van der Waals surface area contributed by atoms with Crippen molar-refractivity contribution >= 4 is 60.5 Å². The Kier molecular flexibility index (Phi) is 8.05. The highest BCUT2D eigenvalue weighted by molar-refractivity contribution is 7.92. The molecular formula is C24H26ClN3O5S2. The predicted molar refractivity (Wildman–Crippen MR) is 138 cm³/mol. The summed E-state index contributed by atoms with van der Waals surface area (Å²) in [6, 6.07) is 12.8. The summed E-state index contributed by atoms with van der Waals surface area (Å²) in [5, 5.41) is 0.550. The molecule has 1 aromatic heterocycles. The molecule has 0 bridgehead atoms. The summed E-state index contributed by atoms with van der Waals surface area (Å²) in [7, 11) is -4.01. The molecule has 8 nitrogen and oxygen atoms in total. The predicted octanol–water partition coefficient (Wildman–Crippen LogP) is 3.21. The molecule has 0 unspecified atom stereocenters. The lowest BCUT2D eigenvalue weighted by Crippen LogP contribution is -2.40. The third-order valence-electron chi connectivity index (χ3n) is 5.63. The fourth-order valence-corrected chi connectivity index (χ4v) is 6.51. The number of rotatable bonds is 8. The number of thiazole rings is 1. The summed E-state index contributed by atoms with van der Waals surface area (Å²) >= 11 is 7.35. The van der Waals surface area contributed by atoms with Gasteiger partial charge in [0.2, 0.25) is 5.91 Å². The van der Waals surface area contributed by atoms with Crippen LogP contribution in [0.2, 0.25) is 5.02 Å². The molecule has 0 saturated heterocycles. The Hall–Kier alpha value is -2.53. The van der Waals surface area contributed by atoms with Crippen molar-refractivity contribution in [2.45, 2.75) is 26.3 Å². The van der Waals surface area contributed by atoms with Gasteiger partial charge in [0.05, 0.1) is 16.8 Å². The zero-order valence-electron chi connectivity index (χ0n) is 19.3. The Labute approximate surface area is 212 Å². The largest absolute Gasteiger partial charge is 0.380 e. The summed E-state index contributed by atoms with van der Waals surface area (Å²) < 4.78 is 33.6. The van der Waals surface area contributed by atoms with Gasteiger partial charge in [0.15, 0.2) is 14.6 Å². The SMILES string of the molecule is CCOCCn1c(=NC(=O)CS(=O)(=O)CC(=O)N2CCCc3ccccc32)sc2cc(Cl)ccc21. The van der Waals surface area contributed by atoms with Crippen LogP contribution in [0.3, 0.4) is 0 Å². The van der Waals surface area contributed by atoms with Gasteiger partial charge >= 0.3 is 0 Å². The Morgan fingerprint density at radius 1 is 1.17 bits per heavy atom. The van der Waals surface area contributed by atoms with Crippen molar-refractivity contribution < 1.29 is 22.7 Å². The van der Waals surface area contributed by atoms with Crippen molar-refractivity contribution in [2.24, 2.45) is 4.99 Å². The molecule has 0 fully saturated rings. The summed E-state index contributed by atoms with van der Waals surface area (Å²) in [4.78, 5) is 31.5. The number of aromatic nitrogens is 1. The minimum absolute atomic E-state index is 0.360. The van der Waals surface area contributed by atoms with Gasteiger partial charge in [-0.1, -0.05) is 41.1 Å². The van der Waals surface area contributed by atoms with E-state index in [2.05, 4.69) is 4.99 Å². The number of hydrogen-bond donors (Lipinski definition) is 0. The van der Waals surface area contributed by atoms with E-state index in [9.17, 15) is 18.0 Å². The molecule has 0 radical (unpaired) electrons. The Balaban J connectivity index is 1.53. The zero-order chi connectivity index (χ0) is 25.0. The van der Waals surface area contributed by atoms with Crippen molar-refractivity contribution in [1.82, 2.24) is 4.57 Å². The van der Waals surface area contributed by atoms with Gasteiger partial charge < -0.3 is 14.2 Å². The molecule has 0 aliphatic carbocycles. The van der Waals surface area contributed by atoms with Crippen molar-refractivity contribution in [3.63, 3.8) is 0 Å². The normalized spacial score (nSPS) is 14.3. The number of carbonyl (C=O) groups excluding carboxylic acids is 2. The smallest absolute Gasteiger partial charge is 0.263 e. The van der Waals surface area contributed by atoms with Crippen LogP contribution < -0.4 is 9.70 Å². The first-order valence-corrected chi connectivity index (χ1v) is 14.3. The zero-order valence-corrected chi connectivity index (χ0v) is 21.7. The average molecular weight is 536 g/mol. The number of fused-ring (bicyclic) bond motifs is 2. The molecule has 1 aliphatic heterocycles. The molecule has 0 saturated carbocycles. The number of nitrogens with zero attached hydrogens (tertiary/aromatic N) is 3. The number of ether oxygens (including phenoxy) is 1. The van der Waals surface area contributed by atoms with Crippen LogP contribution in [-0.2, 0) is 37.1 Å². The van der Waals surface area contributed by atoms with Gasteiger partial charge in [-0.05, 0) is 49.6 Å². The fraction of sp³-hybridized carbons (Fsp3) is 0.375. The lowest BCUT2D eigenvalue weighted by atomic mass is 10.0. The molecule has 11 heteroatoms. The van der Waals surface area contributed by atoms with E-state index in [1.54, 1.807) is 12.1 Å². The van der Waals surface area contributed by atoms with Crippen molar-refractivity contribution in [3.8, 4) is 0 Å². The number of para-hydroxylation sites is 1. The highest BCUT2D eigenvalue weighted by atomic mass is 35.5. The van der Waals surface area contributed by atoms with Gasteiger partial charge in [0, 0.05) is 30.4 Å². The minimum atomic E-state index is -4.01. The van der Waals surface area contributed by atoms with E-state index < -0.39 is 33.2 Å². The van der Waals surface area contributed by atoms with Crippen LogP contribution in [0.5, 0.6) is 0 Å². The summed E-state index contributed by atoms with van der Waals surface area (Å²) in [6.45, 7) is 3.75. The van der Waals surface area contributed by atoms with Crippen LogP contribution >= 0.6 is 22.9 Å². The number of halogens is 1. The minimum Gasteiger partial charge on any atom is -0.380 e. The standard InChI is InChI=1S/C24H26ClN3O5S2/c1-2-33-13-12-28-20-10-9-18(25)14-21(20)34-24(28)26-22(29)15-35(31,32)16-23(30)27-11-5-7-17-6-3-4-8-19(17)27/h3-4,6,8-10,14H,2,5,7,11-13,15-16H2,1H3. The van der Waals surface area contributed by atoms with Crippen LogP contribution in [0.4, 0.5) is 5.69 Å². The van der Waals surface area contributed by atoms with Crippen molar-refractivity contribution in [2.75, 3.05) is 36.2 Å². The van der Waals surface area contributed by atoms with E-state index in [-0.39, 0.29) is 0 Å². The van der Waals surface area contributed by atoms with Crippen LogP contribution in [0.1, 0.15) is 18.9 Å². The van der Waals surface area contributed by atoms with Gasteiger partial charge in [0.1, 0.15) is 11.5 Å². The molecule has 3 aromatic rings. The highest BCUT2D eigenvalue weighted by Crippen LogP contribution is 2.27. The molecule has 0 atom stereocenters. The first kappa shape index (κ1) is 25.6. The maximum atomic E-state index is 12.8. The lowest BCUT2D eigenvalue weighted by molar-refractivity contribution is -0.116. The lowest BCUT2D eigenvalue weighted by Gasteiger charge is -2.29. The number of hydrogen-bond acceptors (Lipinski definition) is 6. The Morgan fingerprint density at radius 3 is 2.77 bits per heavy atom. The van der Waals surface area contributed by atoms with Gasteiger partial charge in [0.25, 0.3) is 5.91 Å². The van der Waals surface area contributed by atoms with Gasteiger partial charge in [-0.3, -0.25) is 9.59 Å². The molecule has 0 N–H and O–H groups in total. The second-order valence-electron chi connectivity index (χ2n) is 8.16. The number of sulfone groups is 1. The third kappa shape index (κ3) is 6.19. The molecule has 1 aliphatic rings. The molecule has 2 amide bonds. The first-order valence-electron chi connectivity index (χ1n) is 11.3. The van der Waals surface area contributed by atoms with Crippen LogP contribution in [-0.4, -0.2) is 56.1 Å². The second kappa shape index (κ2) is 11.0.